The molecule has 6 nitrogen and oxygen atoms in total. The van der Waals surface area contributed by atoms with Gasteiger partial charge < -0.3 is 10.3 Å². The van der Waals surface area contributed by atoms with Crippen LogP contribution in [0.5, 0.6) is 0 Å². The number of halogens is 1. The maximum atomic E-state index is 12.2. The molecule has 7 heteroatoms. The molecular weight excluding hydrogens is 294 g/mol. The van der Waals surface area contributed by atoms with Gasteiger partial charge >= 0.3 is 0 Å². The minimum Gasteiger partial charge on any atom is -0.351 e. The molecule has 0 saturated carbocycles. The third-order valence-electron chi connectivity index (χ3n) is 3.58. The standard InChI is InChI=1S/C14H12ClN3O3/c15-11-5-8-3-1-2-4-10(8)13(11)17-14(19)12-6-9(7-16-12)18(20)21/h1-4,6-7,11,13,16H,5H2,(H,17,19). The van der Waals surface area contributed by atoms with Crippen LogP contribution in [-0.4, -0.2) is 21.2 Å². The van der Waals surface area contributed by atoms with Gasteiger partial charge in [0.15, 0.2) is 0 Å². The average molecular weight is 306 g/mol. The molecule has 0 radical (unpaired) electrons. The van der Waals surface area contributed by atoms with Gasteiger partial charge in [0.2, 0.25) is 0 Å². The summed E-state index contributed by atoms with van der Waals surface area (Å²) in [6.07, 6.45) is 1.88. The van der Waals surface area contributed by atoms with Crippen LogP contribution in [0.25, 0.3) is 0 Å². The molecule has 2 unspecified atom stereocenters. The maximum Gasteiger partial charge on any atom is 0.287 e. The van der Waals surface area contributed by atoms with Crippen molar-refractivity contribution in [3.63, 3.8) is 0 Å². The summed E-state index contributed by atoms with van der Waals surface area (Å²) in [6.45, 7) is 0. The summed E-state index contributed by atoms with van der Waals surface area (Å²) in [5.74, 6) is -0.407. The molecule has 0 bridgehead atoms. The number of rotatable bonds is 3. The minimum atomic E-state index is -0.553. The van der Waals surface area contributed by atoms with Crippen LogP contribution in [0, 0.1) is 10.1 Å². The lowest BCUT2D eigenvalue weighted by Gasteiger charge is -2.16. The van der Waals surface area contributed by atoms with Crippen molar-refractivity contribution < 1.29 is 9.72 Å². The molecule has 108 valence electrons. The van der Waals surface area contributed by atoms with E-state index in [-0.39, 0.29) is 22.8 Å². The van der Waals surface area contributed by atoms with Crippen LogP contribution in [0.15, 0.2) is 36.5 Å². The largest absolute Gasteiger partial charge is 0.351 e. The molecule has 2 N–H and O–H groups in total. The third kappa shape index (κ3) is 2.50. The van der Waals surface area contributed by atoms with Crippen molar-refractivity contribution in [2.75, 3.05) is 0 Å². The molecule has 0 fully saturated rings. The highest BCUT2D eigenvalue weighted by molar-refractivity contribution is 6.21. The molecule has 1 aliphatic rings. The van der Waals surface area contributed by atoms with E-state index in [4.69, 9.17) is 11.6 Å². The number of nitro groups is 1. The normalized spacial score (nSPS) is 20.0. The Morgan fingerprint density at radius 3 is 2.90 bits per heavy atom. The lowest BCUT2D eigenvalue weighted by Crippen LogP contribution is -2.32. The van der Waals surface area contributed by atoms with Gasteiger partial charge in [0, 0.05) is 6.07 Å². The lowest BCUT2D eigenvalue weighted by molar-refractivity contribution is -0.384. The Morgan fingerprint density at radius 1 is 1.43 bits per heavy atom. The number of aromatic amines is 1. The highest BCUT2D eigenvalue weighted by Gasteiger charge is 2.32. The number of hydrogen-bond donors (Lipinski definition) is 2. The number of nitrogens with zero attached hydrogens (tertiary/aromatic N) is 1. The van der Waals surface area contributed by atoms with Crippen LogP contribution < -0.4 is 5.32 Å². The number of benzene rings is 1. The van der Waals surface area contributed by atoms with E-state index in [0.29, 0.717) is 6.42 Å². The summed E-state index contributed by atoms with van der Waals surface area (Å²) in [5.41, 5.74) is 2.11. The van der Waals surface area contributed by atoms with Crippen molar-refractivity contribution in [2.45, 2.75) is 17.8 Å². The smallest absolute Gasteiger partial charge is 0.287 e. The summed E-state index contributed by atoms with van der Waals surface area (Å²) in [5, 5.41) is 13.2. The molecule has 1 heterocycles. The Balaban J connectivity index is 1.80. The fraction of sp³-hybridized carbons (Fsp3) is 0.214. The van der Waals surface area contributed by atoms with Crippen LogP contribution >= 0.6 is 11.6 Å². The minimum absolute atomic E-state index is 0.144. The predicted molar refractivity (Wildman–Crippen MR) is 77.4 cm³/mol. The zero-order valence-corrected chi connectivity index (χ0v) is 11.6. The Bertz CT molecular complexity index is 713. The van der Waals surface area contributed by atoms with Crippen LogP contribution in [0.1, 0.15) is 27.7 Å². The molecule has 0 spiro atoms. The van der Waals surface area contributed by atoms with Gasteiger partial charge in [-0.1, -0.05) is 24.3 Å². The molecule has 0 aliphatic heterocycles. The number of carbonyl (C=O) groups excluding carboxylic acids is 1. The number of fused-ring (bicyclic) bond motifs is 1. The first-order chi connectivity index (χ1) is 10.1. The van der Waals surface area contributed by atoms with Gasteiger partial charge in [0.25, 0.3) is 11.6 Å². The molecule has 2 atom stereocenters. The summed E-state index contributed by atoms with van der Waals surface area (Å²) in [7, 11) is 0. The van der Waals surface area contributed by atoms with Crippen LogP contribution in [0.4, 0.5) is 5.69 Å². The van der Waals surface area contributed by atoms with E-state index in [1.165, 1.54) is 12.3 Å². The van der Waals surface area contributed by atoms with Gasteiger partial charge in [-0.3, -0.25) is 14.9 Å². The van der Waals surface area contributed by atoms with Crippen LogP contribution in [-0.2, 0) is 6.42 Å². The summed E-state index contributed by atoms with van der Waals surface area (Å²) < 4.78 is 0. The monoisotopic (exact) mass is 305 g/mol. The molecule has 2 aromatic rings. The van der Waals surface area contributed by atoms with Crippen molar-refractivity contribution in [1.29, 1.82) is 0 Å². The first-order valence-electron chi connectivity index (χ1n) is 6.42. The number of carbonyl (C=O) groups is 1. The Hall–Kier alpha value is -2.34. The van der Waals surface area contributed by atoms with Gasteiger partial charge in [-0.2, -0.15) is 0 Å². The van der Waals surface area contributed by atoms with Gasteiger partial charge in [-0.15, -0.1) is 11.6 Å². The highest BCUT2D eigenvalue weighted by Crippen LogP contribution is 2.34. The predicted octanol–water partition coefficient (Wildman–Crippen LogP) is 2.56. The molecule has 1 aromatic heterocycles. The average Bonchev–Trinajstić information content (AvgIpc) is 3.05. The van der Waals surface area contributed by atoms with Gasteiger partial charge in [-0.25, -0.2) is 0 Å². The number of nitrogens with one attached hydrogen (secondary N) is 2. The van der Waals surface area contributed by atoms with E-state index in [1.54, 1.807) is 0 Å². The molecule has 0 saturated heterocycles. The van der Waals surface area contributed by atoms with Gasteiger partial charge in [-0.05, 0) is 17.5 Å². The quantitative estimate of drug-likeness (QED) is 0.519. The Kier molecular flexibility index (Phi) is 3.39. The van der Waals surface area contributed by atoms with E-state index in [2.05, 4.69) is 10.3 Å². The maximum absolute atomic E-state index is 12.2. The second-order valence-electron chi connectivity index (χ2n) is 4.90. The molecule has 21 heavy (non-hydrogen) atoms. The van der Waals surface area contributed by atoms with E-state index in [0.717, 1.165) is 11.1 Å². The van der Waals surface area contributed by atoms with E-state index < -0.39 is 10.8 Å². The summed E-state index contributed by atoms with van der Waals surface area (Å²) in [6, 6.07) is 8.65. The SMILES string of the molecule is O=C(NC1c2ccccc2CC1Cl)c1cc([N+](=O)[O-])c[nH]1. The first kappa shape index (κ1) is 13.6. The van der Waals surface area contributed by atoms with Gasteiger partial charge in [0.05, 0.1) is 22.5 Å². The first-order valence-corrected chi connectivity index (χ1v) is 6.85. The second-order valence-corrected chi connectivity index (χ2v) is 5.46. The second kappa shape index (κ2) is 5.21. The third-order valence-corrected chi connectivity index (χ3v) is 3.98. The number of amides is 1. The molecular formula is C14H12ClN3O3. The zero-order chi connectivity index (χ0) is 15.0. The van der Waals surface area contributed by atoms with E-state index >= 15 is 0 Å². The molecule has 1 aromatic carbocycles. The number of hydrogen-bond acceptors (Lipinski definition) is 3. The van der Waals surface area contributed by atoms with Crippen molar-refractivity contribution in [3.05, 3.63) is 63.5 Å². The fourth-order valence-corrected chi connectivity index (χ4v) is 2.92. The molecule has 1 aliphatic carbocycles. The van der Waals surface area contributed by atoms with Crippen molar-refractivity contribution in [1.82, 2.24) is 10.3 Å². The number of alkyl halides is 1. The van der Waals surface area contributed by atoms with Crippen LogP contribution in [0.2, 0.25) is 0 Å². The number of aromatic nitrogens is 1. The zero-order valence-electron chi connectivity index (χ0n) is 10.9. The van der Waals surface area contributed by atoms with E-state index in [1.807, 2.05) is 24.3 Å². The molecule has 3 rings (SSSR count). The topological polar surface area (TPSA) is 88.0 Å². The number of H-pyrrole nitrogens is 1. The summed E-state index contributed by atoms with van der Waals surface area (Å²) >= 11 is 6.30. The van der Waals surface area contributed by atoms with Gasteiger partial charge in [0.1, 0.15) is 5.69 Å². The Morgan fingerprint density at radius 2 is 2.19 bits per heavy atom. The summed E-state index contributed by atoms with van der Waals surface area (Å²) in [4.78, 5) is 24.8. The fourth-order valence-electron chi connectivity index (χ4n) is 2.55. The van der Waals surface area contributed by atoms with Crippen molar-refractivity contribution in [2.24, 2.45) is 0 Å². The highest BCUT2D eigenvalue weighted by atomic mass is 35.5. The Labute approximate surface area is 125 Å². The van der Waals surface area contributed by atoms with Crippen LogP contribution in [0.3, 0.4) is 0 Å². The van der Waals surface area contributed by atoms with E-state index in [9.17, 15) is 14.9 Å². The molecule has 1 amide bonds. The van der Waals surface area contributed by atoms with Crippen molar-refractivity contribution >= 4 is 23.2 Å². The lowest BCUT2D eigenvalue weighted by atomic mass is 10.1. The van der Waals surface area contributed by atoms with Crippen molar-refractivity contribution in [3.8, 4) is 0 Å².